The quantitative estimate of drug-likeness (QED) is 0.836. The number of anilines is 1. The smallest absolute Gasteiger partial charge is 0.259 e. The third kappa shape index (κ3) is 3.19. The summed E-state index contributed by atoms with van der Waals surface area (Å²) in [6.45, 7) is -0.220. The number of nitrogens with one attached hydrogen (secondary N) is 1. The molecule has 0 aliphatic rings. The van der Waals surface area contributed by atoms with Crippen molar-refractivity contribution in [2.45, 2.75) is 0 Å². The van der Waals surface area contributed by atoms with Crippen molar-refractivity contribution in [2.24, 2.45) is 0 Å². The third-order valence-electron chi connectivity index (χ3n) is 2.54. The van der Waals surface area contributed by atoms with Crippen LogP contribution in [0.4, 0.5) is 5.69 Å². The van der Waals surface area contributed by atoms with E-state index in [0.29, 0.717) is 22.6 Å². The Kier molecular flexibility index (Phi) is 4.43. The van der Waals surface area contributed by atoms with Gasteiger partial charge in [-0.2, -0.15) is 0 Å². The number of carbonyl (C=O) groups excluding carboxylic acids is 1. The highest BCUT2D eigenvalue weighted by Gasteiger charge is 2.11. The number of aliphatic hydroxyl groups excluding tert-OH is 1. The van der Waals surface area contributed by atoms with Gasteiger partial charge >= 0.3 is 0 Å². The molecule has 0 spiro atoms. The summed E-state index contributed by atoms with van der Waals surface area (Å²) in [7, 11) is 1.52. The van der Waals surface area contributed by atoms with Gasteiger partial charge in [-0.15, -0.1) is 0 Å². The van der Waals surface area contributed by atoms with Crippen LogP contribution in [-0.4, -0.2) is 24.7 Å². The first-order valence-electron chi connectivity index (χ1n) is 5.86. The van der Waals surface area contributed by atoms with Gasteiger partial charge in [0.2, 0.25) is 0 Å². The van der Waals surface area contributed by atoms with Crippen LogP contribution in [0.25, 0.3) is 0 Å². The molecule has 2 rings (SSSR count). The van der Waals surface area contributed by atoms with Gasteiger partial charge in [0.15, 0.2) is 0 Å². The van der Waals surface area contributed by atoms with Crippen LogP contribution in [0.2, 0.25) is 0 Å². The van der Waals surface area contributed by atoms with Gasteiger partial charge in [-0.3, -0.25) is 4.79 Å². The van der Waals surface area contributed by atoms with Crippen molar-refractivity contribution in [3.63, 3.8) is 0 Å². The van der Waals surface area contributed by atoms with E-state index in [1.54, 1.807) is 24.3 Å². The van der Waals surface area contributed by atoms with Crippen molar-refractivity contribution in [3.05, 3.63) is 47.9 Å². The first kappa shape index (κ1) is 13.7. The van der Waals surface area contributed by atoms with Crippen LogP contribution >= 0.6 is 0 Å². The number of rotatable bonds is 3. The van der Waals surface area contributed by atoms with Crippen LogP contribution in [0.15, 0.2) is 41.2 Å². The molecule has 5 heteroatoms. The van der Waals surface area contributed by atoms with Crippen LogP contribution in [0.5, 0.6) is 5.75 Å². The minimum Gasteiger partial charge on any atom is -0.495 e. The topological polar surface area (TPSA) is 71.7 Å². The molecule has 0 aliphatic carbocycles. The molecule has 20 heavy (non-hydrogen) atoms. The maximum Gasteiger partial charge on any atom is 0.259 e. The van der Waals surface area contributed by atoms with E-state index in [1.165, 1.54) is 19.6 Å². The Bertz CT molecular complexity index is 650. The van der Waals surface area contributed by atoms with Gasteiger partial charge in [0.05, 0.1) is 24.6 Å². The number of hydrogen-bond donors (Lipinski definition) is 2. The summed E-state index contributed by atoms with van der Waals surface area (Å²) >= 11 is 0. The SMILES string of the molecule is COc1ccc(C#CCO)cc1NC(=O)c1ccoc1. The zero-order chi connectivity index (χ0) is 14.4. The van der Waals surface area contributed by atoms with Crippen LogP contribution in [-0.2, 0) is 0 Å². The average molecular weight is 271 g/mol. The Morgan fingerprint density at radius 2 is 2.30 bits per heavy atom. The number of methoxy groups -OCH3 is 1. The van der Waals surface area contributed by atoms with Gasteiger partial charge in [0.25, 0.3) is 5.91 Å². The van der Waals surface area contributed by atoms with Crippen molar-refractivity contribution in [1.82, 2.24) is 0 Å². The summed E-state index contributed by atoms with van der Waals surface area (Å²) in [6.07, 6.45) is 2.78. The fourth-order valence-electron chi connectivity index (χ4n) is 1.61. The van der Waals surface area contributed by atoms with Crippen LogP contribution in [0, 0.1) is 11.8 Å². The number of hydrogen-bond acceptors (Lipinski definition) is 4. The Balaban J connectivity index is 2.26. The van der Waals surface area contributed by atoms with E-state index in [9.17, 15) is 4.79 Å². The van der Waals surface area contributed by atoms with Gasteiger partial charge in [-0.05, 0) is 24.3 Å². The standard InChI is InChI=1S/C15H13NO4/c1-19-14-5-4-11(3-2-7-17)9-13(14)16-15(18)12-6-8-20-10-12/h4-6,8-10,17H,7H2,1H3,(H,16,18). The number of ether oxygens (including phenoxy) is 1. The number of aliphatic hydroxyl groups is 1. The highest BCUT2D eigenvalue weighted by molar-refractivity contribution is 6.04. The summed E-state index contributed by atoms with van der Waals surface area (Å²) in [5.41, 5.74) is 1.59. The summed E-state index contributed by atoms with van der Waals surface area (Å²) in [4.78, 5) is 12.0. The van der Waals surface area contributed by atoms with E-state index < -0.39 is 0 Å². The summed E-state index contributed by atoms with van der Waals surface area (Å²) in [6, 6.07) is 6.69. The molecule has 0 saturated carbocycles. The van der Waals surface area contributed by atoms with Gasteiger partial charge < -0.3 is 19.6 Å². The van der Waals surface area contributed by atoms with Crippen molar-refractivity contribution in [1.29, 1.82) is 0 Å². The van der Waals surface area contributed by atoms with Gasteiger partial charge in [-0.25, -0.2) is 0 Å². The van der Waals surface area contributed by atoms with E-state index in [2.05, 4.69) is 17.2 Å². The molecule has 0 saturated heterocycles. The van der Waals surface area contributed by atoms with Crippen molar-refractivity contribution in [2.75, 3.05) is 19.0 Å². The molecule has 2 aromatic rings. The molecule has 0 radical (unpaired) electrons. The second-order valence-electron chi connectivity index (χ2n) is 3.84. The fraction of sp³-hybridized carbons (Fsp3) is 0.133. The highest BCUT2D eigenvalue weighted by Crippen LogP contribution is 2.25. The molecule has 1 heterocycles. The lowest BCUT2D eigenvalue weighted by atomic mass is 10.2. The number of carbonyl (C=O) groups is 1. The van der Waals surface area contributed by atoms with Crippen molar-refractivity contribution >= 4 is 11.6 Å². The molecule has 0 unspecified atom stereocenters. The van der Waals surface area contributed by atoms with Gasteiger partial charge in [-0.1, -0.05) is 11.8 Å². The summed E-state index contributed by atoms with van der Waals surface area (Å²) < 4.78 is 10.1. The normalized spacial score (nSPS) is 9.50. The molecule has 1 aromatic heterocycles. The largest absolute Gasteiger partial charge is 0.495 e. The average Bonchev–Trinajstić information content (AvgIpc) is 2.99. The second-order valence-corrected chi connectivity index (χ2v) is 3.84. The van der Waals surface area contributed by atoms with Gasteiger partial charge in [0.1, 0.15) is 18.6 Å². The predicted octanol–water partition coefficient (Wildman–Crippen LogP) is 1.88. The Morgan fingerprint density at radius 1 is 1.45 bits per heavy atom. The van der Waals surface area contributed by atoms with Crippen molar-refractivity contribution < 1.29 is 19.1 Å². The van der Waals surface area contributed by atoms with Crippen molar-refractivity contribution in [3.8, 4) is 17.6 Å². The number of benzene rings is 1. The fourth-order valence-corrected chi connectivity index (χ4v) is 1.61. The zero-order valence-corrected chi connectivity index (χ0v) is 10.8. The molecule has 2 N–H and O–H groups in total. The Hall–Kier alpha value is -2.71. The van der Waals surface area contributed by atoms with Gasteiger partial charge in [0, 0.05) is 5.56 Å². The highest BCUT2D eigenvalue weighted by atomic mass is 16.5. The first-order valence-corrected chi connectivity index (χ1v) is 5.86. The zero-order valence-electron chi connectivity index (χ0n) is 10.8. The lowest BCUT2D eigenvalue weighted by Crippen LogP contribution is -2.11. The summed E-state index contributed by atoms with van der Waals surface area (Å²) in [5, 5.41) is 11.4. The maximum atomic E-state index is 12.0. The summed E-state index contributed by atoms with van der Waals surface area (Å²) in [5.74, 6) is 5.54. The molecule has 5 nitrogen and oxygen atoms in total. The minimum atomic E-state index is -0.302. The molecule has 0 atom stereocenters. The third-order valence-corrected chi connectivity index (χ3v) is 2.54. The lowest BCUT2D eigenvalue weighted by molar-refractivity contribution is 0.102. The number of furan rings is 1. The Labute approximate surface area is 116 Å². The molecule has 1 amide bonds. The second kappa shape index (κ2) is 6.45. The first-order chi connectivity index (χ1) is 9.74. The van der Waals surface area contributed by atoms with E-state index in [4.69, 9.17) is 14.3 Å². The van der Waals surface area contributed by atoms with Crippen LogP contribution < -0.4 is 10.1 Å². The molecule has 102 valence electrons. The molecule has 0 bridgehead atoms. The Morgan fingerprint density at radius 3 is 2.95 bits per heavy atom. The molecule has 0 aliphatic heterocycles. The molecular weight excluding hydrogens is 258 g/mol. The van der Waals surface area contributed by atoms with E-state index in [1.807, 2.05) is 0 Å². The lowest BCUT2D eigenvalue weighted by Gasteiger charge is -2.09. The van der Waals surface area contributed by atoms with E-state index in [-0.39, 0.29) is 12.5 Å². The molecule has 0 fully saturated rings. The van der Waals surface area contributed by atoms with Crippen LogP contribution in [0.3, 0.4) is 0 Å². The monoisotopic (exact) mass is 271 g/mol. The van der Waals surface area contributed by atoms with E-state index in [0.717, 1.165) is 0 Å². The number of amides is 1. The molecule has 1 aromatic carbocycles. The van der Waals surface area contributed by atoms with E-state index >= 15 is 0 Å². The maximum absolute atomic E-state index is 12.0. The molecular formula is C15H13NO4. The van der Waals surface area contributed by atoms with Crippen LogP contribution in [0.1, 0.15) is 15.9 Å². The minimum absolute atomic E-state index is 0.220. The predicted molar refractivity (Wildman–Crippen MR) is 73.6 cm³/mol.